The third-order valence-corrected chi connectivity index (χ3v) is 2.59. The van der Waals surface area contributed by atoms with Gasteiger partial charge < -0.3 is 10.6 Å². The van der Waals surface area contributed by atoms with Crippen LogP contribution in [-0.4, -0.2) is 24.0 Å². The highest BCUT2D eigenvalue weighted by molar-refractivity contribution is 5.79. The molecular formula is C11H15N3O. The Morgan fingerprint density at radius 2 is 2.40 bits per heavy atom. The summed E-state index contributed by atoms with van der Waals surface area (Å²) in [4.78, 5) is 15.7. The van der Waals surface area contributed by atoms with Crippen LogP contribution >= 0.6 is 0 Å². The number of carbonyl (C=O) groups is 1. The minimum Gasteiger partial charge on any atom is -0.352 e. The molecule has 0 bridgehead atoms. The maximum absolute atomic E-state index is 11.5. The molecule has 4 heteroatoms. The zero-order valence-corrected chi connectivity index (χ0v) is 8.79. The third-order valence-electron chi connectivity index (χ3n) is 2.59. The minimum atomic E-state index is 0.134. The van der Waals surface area contributed by atoms with Crippen molar-refractivity contribution in [2.75, 3.05) is 13.1 Å². The van der Waals surface area contributed by atoms with Crippen molar-refractivity contribution in [2.24, 2.45) is 5.92 Å². The summed E-state index contributed by atoms with van der Waals surface area (Å²) in [6.07, 6.45) is 1.80. The van der Waals surface area contributed by atoms with Crippen LogP contribution in [0, 0.1) is 12.8 Å². The molecular weight excluding hydrogens is 190 g/mol. The number of aromatic nitrogens is 1. The first-order valence-corrected chi connectivity index (χ1v) is 5.15. The molecule has 1 aliphatic heterocycles. The van der Waals surface area contributed by atoms with E-state index in [1.54, 1.807) is 6.20 Å². The lowest BCUT2D eigenvalue weighted by Gasteiger charge is -2.25. The number of hydrogen-bond acceptors (Lipinski definition) is 3. The molecule has 2 N–H and O–H groups in total. The maximum atomic E-state index is 11.5. The molecule has 2 rings (SSSR count). The first kappa shape index (κ1) is 10.1. The monoisotopic (exact) mass is 205 g/mol. The van der Waals surface area contributed by atoms with E-state index < -0.39 is 0 Å². The van der Waals surface area contributed by atoms with Gasteiger partial charge in [0.05, 0.1) is 5.92 Å². The van der Waals surface area contributed by atoms with Crippen LogP contribution in [0.2, 0.25) is 0 Å². The summed E-state index contributed by atoms with van der Waals surface area (Å²) < 4.78 is 0. The summed E-state index contributed by atoms with van der Waals surface area (Å²) in [5.41, 5.74) is 2.04. The van der Waals surface area contributed by atoms with Crippen molar-refractivity contribution in [3.8, 4) is 0 Å². The van der Waals surface area contributed by atoms with E-state index in [0.29, 0.717) is 6.54 Å². The summed E-state index contributed by atoms with van der Waals surface area (Å²) >= 11 is 0. The number of hydrogen-bond donors (Lipinski definition) is 2. The molecule has 1 fully saturated rings. The van der Waals surface area contributed by atoms with Gasteiger partial charge in [0.2, 0.25) is 5.91 Å². The van der Waals surface area contributed by atoms with Gasteiger partial charge >= 0.3 is 0 Å². The number of pyridine rings is 1. The number of nitrogens with one attached hydrogen (secondary N) is 2. The van der Waals surface area contributed by atoms with Gasteiger partial charge in [0.25, 0.3) is 0 Å². The summed E-state index contributed by atoms with van der Waals surface area (Å²) in [7, 11) is 0. The zero-order chi connectivity index (χ0) is 10.7. The van der Waals surface area contributed by atoms with E-state index in [2.05, 4.69) is 15.6 Å². The number of rotatable bonds is 3. The standard InChI is InChI=1S/C11H15N3O/c1-8-2-3-9(4-13-8)5-14-11(15)10-6-12-7-10/h2-4,10,12H,5-7H2,1H3,(H,14,15). The second kappa shape index (κ2) is 4.40. The van der Waals surface area contributed by atoms with E-state index in [-0.39, 0.29) is 11.8 Å². The fraction of sp³-hybridized carbons (Fsp3) is 0.455. The van der Waals surface area contributed by atoms with Gasteiger partial charge in [-0.25, -0.2) is 0 Å². The molecule has 0 aromatic carbocycles. The van der Waals surface area contributed by atoms with E-state index in [0.717, 1.165) is 24.3 Å². The molecule has 1 amide bonds. The van der Waals surface area contributed by atoms with Gasteiger partial charge in [0.1, 0.15) is 0 Å². The van der Waals surface area contributed by atoms with E-state index in [1.807, 2.05) is 19.1 Å². The van der Waals surface area contributed by atoms with E-state index in [1.165, 1.54) is 0 Å². The summed E-state index contributed by atoms with van der Waals surface area (Å²) in [5, 5.41) is 5.98. The fourth-order valence-corrected chi connectivity index (χ4v) is 1.41. The smallest absolute Gasteiger partial charge is 0.225 e. The molecule has 1 aromatic rings. The van der Waals surface area contributed by atoms with Crippen molar-refractivity contribution in [2.45, 2.75) is 13.5 Å². The van der Waals surface area contributed by atoms with Crippen LogP contribution in [0.1, 0.15) is 11.3 Å². The second-order valence-corrected chi connectivity index (χ2v) is 3.88. The molecule has 0 radical (unpaired) electrons. The zero-order valence-electron chi connectivity index (χ0n) is 8.79. The predicted octanol–water partition coefficient (Wildman–Crippen LogP) is 0.226. The molecule has 0 spiro atoms. The van der Waals surface area contributed by atoms with Gasteiger partial charge in [-0.2, -0.15) is 0 Å². The van der Waals surface area contributed by atoms with Gasteiger partial charge in [0, 0.05) is 31.5 Å². The van der Waals surface area contributed by atoms with Gasteiger partial charge in [-0.3, -0.25) is 9.78 Å². The van der Waals surface area contributed by atoms with Crippen molar-refractivity contribution < 1.29 is 4.79 Å². The second-order valence-electron chi connectivity index (χ2n) is 3.88. The summed E-state index contributed by atoms with van der Waals surface area (Å²) in [6.45, 7) is 4.13. The highest BCUT2D eigenvalue weighted by Gasteiger charge is 2.24. The van der Waals surface area contributed by atoms with Crippen LogP contribution in [0.3, 0.4) is 0 Å². The van der Waals surface area contributed by atoms with Crippen LogP contribution in [-0.2, 0) is 11.3 Å². The van der Waals surface area contributed by atoms with Crippen LogP contribution in [0.25, 0.3) is 0 Å². The number of amides is 1. The maximum Gasteiger partial charge on any atom is 0.225 e. The molecule has 15 heavy (non-hydrogen) atoms. The van der Waals surface area contributed by atoms with E-state index in [9.17, 15) is 4.79 Å². The van der Waals surface area contributed by atoms with Crippen LogP contribution < -0.4 is 10.6 Å². The molecule has 0 unspecified atom stereocenters. The molecule has 80 valence electrons. The van der Waals surface area contributed by atoms with Gasteiger partial charge in [-0.15, -0.1) is 0 Å². The first-order chi connectivity index (χ1) is 7.25. The fourth-order valence-electron chi connectivity index (χ4n) is 1.41. The number of nitrogens with zero attached hydrogens (tertiary/aromatic N) is 1. The van der Waals surface area contributed by atoms with Crippen LogP contribution in [0.4, 0.5) is 0 Å². The lowest BCUT2D eigenvalue weighted by molar-refractivity contribution is -0.126. The largest absolute Gasteiger partial charge is 0.352 e. The summed E-state index contributed by atoms with van der Waals surface area (Å²) in [6, 6.07) is 3.94. The number of aryl methyl sites for hydroxylation is 1. The van der Waals surface area contributed by atoms with Gasteiger partial charge in [-0.05, 0) is 18.6 Å². The van der Waals surface area contributed by atoms with Crippen LogP contribution in [0.5, 0.6) is 0 Å². The Labute approximate surface area is 89.1 Å². The van der Waals surface area contributed by atoms with Gasteiger partial charge in [0.15, 0.2) is 0 Å². The Kier molecular flexibility index (Phi) is 2.97. The lowest BCUT2D eigenvalue weighted by Crippen LogP contribution is -2.50. The Bertz CT molecular complexity index is 343. The highest BCUT2D eigenvalue weighted by atomic mass is 16.2. The molecule has 1 aliphatic rings. The van der Waals surface area contributed by atoms with E-state index >= 15 is 0 Å². The lowest BCUT2D eigenvalue weighted by atomic mass is 10.0. The van der Waals surface area contributed by atoms with Crippen molar-refractivity contribution in [3.05, 3.63) is 29.6 Å². The molecule has 0 saturated carbocycles. The average molecular weight is 205 g/mol. The Hall–Kier alpha value is -1.42. The molecule has 1 aromatic heterocycles. The molecule has 0 atom stereocenters. The Morgan fingerprint density at radius 1 is 1.60 bits per heavy atom. The topological polar surface area (TPSA) is 54.0 Å². The average Bonchev–Trinajstić information content (AvgIpc) is 2.14. The van der Waals surface area contributed by atoms with Crippen molar-refractivity contribution >= 4 is 5.91 Å². The van der Waals surface area contributed by atoms with Gasteiger partial charge in [-0.1, -0.05) is 6.07 Å². The SMILES string of the molecule is Cc1ccc(CNC(=O)C2CNC2)cn1. The molecule has 4 nitrogen and oxygen atoms in total. The van der Waals surface area contributed by atoms with Crippen LogP contribution in [0.15, 0.2) is 18.3 Å². The van der Waals surface area contributed by atoms with Crippen molar-refractivity contribution in [1.29, 1.82) is 0 Å². The molecule has 1 saturated heterocycles. The molecule has 2 heterocycles. The first-order valence-electron chi connectivity index (χ1n) is 5.15. The molecule has 0 aliphatic carbocycles. The quantitative estimate of drug-likeness (QED) is 0.742. The minimum absolute atomic E-state index is 0.134. The Balaban J connectivity index is 1.82. The number of carbonyl (C=O) groups excluding carboxylic acids is 1. The third kappa shape index (κ3) is 2.53. The van der Waals surface area contributed by atoms with E-state index in [4.69, 9.17) is 0 Å². The Morgan fingerprint density at radius 3 is 2.93 bits per heavy atom. The highest BCUT2D eigenvalue weighted by Crippen LogP contribution is 2.03. The van der Waals surface area contributed by atoms with Crippen molar-refractivity contribution in [3.63, 3.8) is 0 Å². The normalized spacial score (nSPS) is 15.8. The summed E-state index contributed by atoms with van der Waals surface area (Å²) in [5.74, 6) is 0.290. The predicted molar refractivity (Wildman–Crippen MR) is 57.2 cm³/mol. The van der Waals surface area contributed by atoms with Crippen molar-refractivity contribution in [1.82, 2.24) is 15.6 Å².